The van der Waals surface area contributed by atoms with Gasteiger partial charge in [-0.1, -0.05) is 0 Å². The van der Waals surface area contributed by atoms with Gasteiger partial charge >= 0.3 is 0 Å². The van der Waals surface area contributed by atoms with Crippen molar-refractivity contribution in [1.82, 2.24) is 4.90 Å². The second-order valence-corrected chi connectivity index (χ2v) is 5.98. The molecule has 2 aliphatic rings. The summed E-state index contributed by atoms with van der Waals surface area (Å²) >= 11 is 0. The highest BCUT2D eigenvalue weighted by Crippen LogP contribution is 2.30. The molecule has 0 saturated carbocycles. The average Bonchev–Trinajstić information content (AvgIpc) is 2.96. The van der Waals surface area contributed by atoms with Crippen LogP contribution in [0.25, 0.3) is 0 Å². The van der Waals surface area contributed by atoms with Crippen LogP contribution in [0.5, 0.6) is 5.75 Å². The molecule has 3 nitrogen and oxygen atoms in total. The summed E-state index contributed by atoms with van der Waals surface area (Å²) in [5.74, 6) is 0.953. The van der Waals surface area contributed by atoms with Crippen LogP contribution in [0.15, 0.2) is 24.3 Å². The smallest absolute Gasteiger partial charge is 0.119 e. The molecule has 2 unspecified atom stereocenters. The number of ether oxygens (including phenoxy) is 1. The molecule has 19 heavy (non-hydrogen) atoms. The Morgan fingerprint density at radius 2 is 1.95 bits per heavy atom. The zero-order valence-electron chi connectivity index (χ0n) is 11.9. The molecule has 0 aromatic heterocycles. The molecule has 2 fully saturated rings. The number of hydrogen-bond donors (Lipinski definition) is 1. The first-order chi connectivity index (χ1) is 9.22. The molecule has 2 heterocycles. The molecule has 2 saturated heterocycles. The minimum atomic E-state index is 0.237. The first-order valence-corrected chi connectivity index (χ1v) is 7.50. The molecule has 0 bridgehead atoms. The molecular formula is C16H24N2O. The lowest BCUT2D eigenvalue weighted by Gasteiger charge is -2.22. The van der Waals surface area contributed by atoms with E-state index < -0.39 is 0 Å². The SMILES string of the molecule is CC(C)Oc1ccc(NC2CCN3CCCC23)cc1. The predicted molar refractivity (Wildman–Crippen MR) is 78.8 cm³/mol. The highest BCUT2D eigenvalue weighted by atomic mass is 16.5. The Kier molecular flexibility index (Phi) is 3.65. The van der Waals surface area contributed by atoms with Crippen LogP contribution in [0.4, 0.5) is 5.69 Å². The number of rotatable bonds is 4. The van der Waals surface area contributed by atoms with Crippen LogP contribution in [0, 0.1) is 0 Å². The van der Waals surface area contributed by atoms with Crippen molar-refractivity contribution in [3.8, 4) is 5.75 Å². The van der Waals surface area contributed by atoms with Crippen LogP contribution in [0.1, 0.15) is 33.1 Å². The van der Waals surface area contributed by atoms with E-state index >= 15 is 0 Å². The van der Waals surface area contributed by atoms with Gasteiger partial charge < -0.3 is 10.1 Å². The minimum Gasteiger partial charge on any atom is -0.491 e. The van der Waals surface area contributed by atoms with Gasteiger partial charge in [0.1, 0.15) is 5.75 Å². The third kappa shape index (κ3) is 2.86. The van der Waals surface area contributed by atoms with E-state index in [4.69, 9.17) is 4.74 Å². The van der Waals surface area contributed by atoms with Gasteiger partial charge in [0.25, 0.3) is 0 Å². The number of nitrogens with one attached hydrogen (secondary N) is 1. The Hall–Kier alpha value is -1.22. The van der Waals surface area contributed by atoms with Crippen LogP contribution >= 0.6 is 0 Å². The summed E-state index contributed by atoms with van der Waals surface area (Å²) in [7, 11) is 0. The Morgan fingerprint density at radius 1 is 1.16 bits per heavy atom. The van der Waals surface area contributed by atoms with Gasteiger partial charge in [0.2, 0.25) is 0 Å². The predicted octanol–water partition coefficient (Wildman–Crippen LogP) is 3.12. The van der Waals surface area contributed by atoms with E-state index in [9.17, 15) is 0 Å². The van der Waals surface area contributed by atoms with Crippen molar-refractivity contribution in [3.63, 3.8) is 0 Å². The van der Waals surface area contributed by atoms with Crippen molar-refractivity contribution in [2.24, 2.45) is 0 Å². The Morgan fingerprint density at radius 3 is 2.68 bits per heavy atom. The van der Waals surface area contributed by atoms with Gasteiger partial charge in [-0.2, -0.15) is 0 Å². The summed E-state index contributed by atoms with van der Waals surface area (Å²) in [5, 5.41) is 3.70. The number of fused-ring (bicyclic) bond motifs is 1. The van der Waals surface area contributed by atoms with E-state index in [0.717, 1.165) is 11.8 Å². The van der Waals surface area contributed by atoms with Crippen LogP contribution in [-0.2, 0) is 0 Å². The second kappa shape index (κ2) is 5.41. The van der Waals surface area contributed by atoms with E-state index in [1.807, 2.05) is 0 Å². The number of benzene rings is 1. The topological polar surface area (TPSA) is 24.5 Å². The van der Waals surface area contributed by atoms with Crippen LogP contribution in [-0.4, -0.2) is 36.2 Å². The Bertz CT molecular complexity index is 415. The number of nitrogens with zero attached hydrogens (tertiary/aromatic N) is 1. The van der Waals surface area contributed by atoms with E-state index in [-0.39, 0.29) is 6.10 Å². The maximum atomic E-state index is 5.67. The first-order valence-electron chi connectivity index (χ1n) is 7.50. The fourth-order valence-corrected chi connectivity index (χ4v) is 3.37. The van der Waals surface area contributed by atoms with Gasteiger partial charge in [0.15, 0.2) is 0 Å². The number of anilines is 1. The van der Waals surface area contributed by atoms with Crippen LogP contribution in [0.3, 0.4) is 0 Å². The first kappa shape index (κ1) is 12.8. The minimum absolute atomic E-state index is 0.237. The van der Waals surface area contributed by atoms with Gasteiger partial charge in [0.05, 0.1) is 6.10 Å². The van der Waals surface area contributed by atoms with Crippen molar-refractivity contribution in [1.29, 1.82) is 0 Å². The zero-order chi connectivity index (χ0) is 13.2. The van der Waals surface area contributed by atoms with Crippen molar-refractivity contribution < 1.29 is 4.74 Å². The summed E-state index contributed by atoms with van der Waals surface area (Å²) in [6.45, 7) is 6.67. The summed E-state index contributed by atoms with van der Waals surface area (Å²) < 4.78 is 5.67. The van der Waals surface area contributed by atoms with Gasteiger partial charge in [-0.25, -0.2) is 0 Å². The van der Waals surface area contributed by atoms with Gasteiger partial charge in [-0.15, -0.1) is 0 Å². The van der Waals surface area contributed by atoms with Crippen LogP contribution in [0.2, 0.25) is 0 Å². The van der Waals surface area contributed by atoms with Crippen LogP contribution < -0.4 is 10.1 Å². The molecule has 3 heteroatoms. The molecule has 1 aromatic carbocycles. The van der Waals surface area contributed by atoms with Crippen molar-refractivity contribution >= 4 is 5.69 Å². The second-order valence-electron chi connectivity index (χ2n) is 5.98. The quantitative estimate of drug-likeness (QED) is 0.900. The van der Waals surface area contributed by atoms with Crippen molar-refractivity contribution in [2.75, 3.05) is 18.4 Å². The maximum absolute atomic E-state index is 5.67. The maximum Gasteiger partial charge on any atom is 0.119 e. The standard InChI is InChI=1S/C16H24N2O/c1-12(2)19-14-7-5-13(6-8-14)17-15-9-11-18-10-3-4-16(15)18/h5-8,12,15-17H,3-4,9-11H2,1-2H3. The van der Waals surface area contributed by atoms with Crippen molar-refractivity contribution in [3.05, 3.63) is 24.3 Å². The molecule has 2 aliphatic heterocycles. The summed E-state index contributed by atoms with van der Waals surface area (Å²) in [6, 6.07) is 9.77. The molecule has 2 atom stereocenters. The van der Waals surface area contributed by atoms with Gasteiger partial charge in [-0.05, 0) is 63.9 Å². The lowest BCUT2D eigenvalue weighted by Crippen LogP contribution is -2.33. The average molecular weight is 260 g/mol. The fourth-order valence-electron chi connectivity index (χ4n) is 3.37. The monoisotopic (exact) mass is 260 g/mol. The Labute approximate surface area is 115 Å². The molecule has 1 aromatic rings. The zero-order valence-corrected chi connectivity index (χ0v) is 11.9. The van der Waals surface area contributed by atoms with Crippen molar-refractivity contribution in [2.45, 2.75) is 51.3 Å². The lowest BCUT2D eigenvalue weighted by molar-refractivity contribution is 0.242. The number of hydrogen-bond acceptors (Lipinski definition) is 3. The van der Waals surface area contributed by atoms with Gasteiger partial charge in [0, 0.05) is 24.3 Å². The molecule has 3 rings (SSSR count). The summed E-state index contributed by atoms with van der Waals surface area (Å²) in [6.07, 6.45) is 4.23. The van der Waals surface area contributed by atoms with E-state index in [1.165, 1.54) is 38.0 Å². The Balaban J connectivity index is 1.60. The highest BCUT2D eigenvalue weighted by Gasteiger charge is 2.36. The molecule has 0 aliphatic carbocycles. The fraction of sp³-hybridized carbons (Fsp3) is 0.625. The third-order valence-corrected chi connectivity index (χ3v) is 4.18. The largest absolute Gasteiger partial charge is 0.491 e. The molecule has 0 radical (unpaired) electrons. The van der Waals surface area contributed by atoms with E-state index in [1.54, 1.807) is 0 Å². The highest BCUT2D eigenvalue weighted by molar-refractivity contribution is 5.47. The molecular weight excluding hydrogens is 236 g/mol. The van der Waals surface area contributed by atoms with E-state index in [0.29, 0.717) is 6.04 Å². The normalized spacial score (nSPS) is 26.7. The molecule has 0 spiro atoms. The molecule has 104 valence electrons. The van der Waals surface area contributed by atoms with E-state index in [2.05, 4.69) is 48.3 Å². The van der Waals surface area contributed by atoms with Gasteiger partial charge in [-0.3, -0.25) is 4.90 Å². The summed E-state index contributed by atoms with van der Waals surface area (Å²) in [4.78, 5) is 2.63. The molecule has 0 amide bonds. The lowest BCUT2D eigenvalue weighted by atomic mass is 10.1. The summed E-state index contributed by atoms with van der Waals surface area (Å²) in [5.41, 5.74) is 1.22. The third-order valence-electron chi connectivity index (χ3n) is 4.18. The molecule has 1 N–H and O–H groups in total.